The molecule has 2 aromatic rings. The maximum atomic E-state index is 12.6. The minimum atomic E-state index is -1.12. The van der Waals surface area contributed by atoms with E-state index in [0.29, 0.717) is 11.1 Å². The number of nitro benzene ring substituents is 1. The fraction of sp³-hybridized carbons (Fsp3) is 0.300. The van der Waals surface area contributed by atoms with Gasteiger partial charge in [-0.05, 0) is 28.7 Å². The number of hydrogen-bond donors (Lipinski definition) is 2. The summed E-state index contributed by atoms with van der Waals surface area (Å²) in [4.78, 5) is 34.1. The molecule has 27 heavy (non-hydrogen) atoms. The van der Waals surface area contributed by atoms with Gasteiger partial charge in [-0.2, -0.15) is 0 Å². The van der Waals surface area contributed by atoms with E-state index < -0.39 is 22.8 Å². The number of carbonyl (C=O) groups excluding carboxylic acids is 1. The Labute approximate surface area is 157 Å². The molecule has 0 heterocycles. The molecule has 0 aliphatic rings. The maximum absolute atomic E-state index is 12.6. The van der Waals surface area contributed by atoms with E-state index in [9.17, 15) is 19.7 Å². The number of nitrogens with one attached hydrogen (secondary N) is 1. The zero-order valence-electron chi connectivity index (χ0n) is 15.4. The van der Waals surface area contributed by atoms with Crippen molar-refractivity contribution < 1.29 is 19.6 Å². The van der Waals surface area contributed by atoms with Crippen molar-refractivity contribution in [2.75, 3.05) is 0 Å². The molecular formula is C20H22N2O5. The first-order chi connectivity index (χ1) is 12.6. The number of carbonyl (C=O) groups is 2. The van der Waals surface area contributed by atoms with E-state index in [-0.39, 0.29) is 17.5 Å². The summed E-state index contributed by atoms with van der Waals surface area (Å²) in [5, 5.41) is 22.8. The van der Waals surface area contributed by atoms with E-state index in [1.807, 2.05) is 12.1 Å². The predicted octanol–water partition coefficient (Wildman–Crippen LogP) is 3.84. The highest BCUT2D eigenvalue weighted by molar-refractivity contribution is 5.94. The minimum Gasteiger partial charge on any atom is -0.481 e. The van der Waals surface area contributed by atoms with E-state index >= 15 is 0 Å². The number of carboxylic acids is 1. The second kappa shape index (κ2) is 7.99. The maximum Gasteiger partial charge on any atom is 0.305 e. The quantitative estimate of drug-likeness (QED) is 0.593. The van der Waals surface area contributed by atoms with Gasteiger partial charge in [0, 0.05) is 17.7 Å². The highest BCUT2D eigenvalue weighted by Crippen LogP contribution is 2.24. The summed E-state index contributed by atoms with van der Waals surface area (Å²) in [6, 6.07) is 11.8. The first-order valence-electron chi connectivity index (χ1n) is 8.45. The van der Waals surface area contributed by atoms with Crippen molar-refractivity contribution in [3.05, 3.63) is 75.3 Å². The molecule has 2 aromatic carbocycles. The topological polar surface area (TPSA) is 110 Å². The Hall–Kier alpha value is -3.22. The van der Waals surface area contributed by atoms with E-state index in [2.05, 4.69) is 26.1 Å². The van der Waals surface area contributed by atoms with Crippen LogP contribution in [0.1, 0.15) is 54.7 Å². The summed E-state index contributed by atoms with van der Waals surface area (Å²) < 4.78 is 0. The molecule has 0 bridgehead atoms. The number of hydrogen-bond acceptors (Lipinski definition) is 4. The third-order valence-corrected chi connectivity index (χ3v) is 4.18. The lowest BCUT2D eigenvalue weighted by molar-refractivity contribution is -0.384. The smallest absolute Gasteiger partial charge is 0.305 e. The number of aliphatic carboxylic acids is 1. The Bertz CT molecular complexity index is 853. The monoisotopic (exact) mass is 370 g/mol. The van der Waals surface area contributed by atoms with Crippen molar-refractivity contribution in [1.29, 1.82) is 0 Å². The molecule has 1 atom stereocenters. The first kappa shape index (κ1) is 20.1. The van der Waals surface area contributed by atoms with Crippen molar-refractivity contribution in [1.82, 2.24) is 5.32 Å². The third-order valence-electron chi connectivity index (χ3n) is 4.18. The van der Waals surface area contributed by atoms with Gasteiger partial charge in [0.25, 0.3) is 11.6 Å². The van der Waals surface area contributed by atoms with E-state index in [1.54, 1.807) is 18.2 Å². The molecule has 1 amide bonds. The van der Waals surface area contributed by atoms with Gasteiger partial charge >= 0.3 is 5.97 Å². The third kappa shape index (κ3) is 5.37. The van der Waals surface area contributed by atoms with Crippen LogP contribution in [0.15, 0.2) is 48.5 Å². The number of nitro groups is 1. The molecule has 2 N–H and O–H groups in total. The van der Waals surface area contributed by atoms with Crippen molar-refractivity contribution in [3.8, 4) is 0 Å². The Morgan fingerprint density at radius 3 is 2.30 bits per heavy atom. The molecule has 142 valence electrons. The van der Waals surface area contributed by atoms with Crippen LogP contribution < -0.4 is 5.32 Å². The van der Waals surface area contributed by atoms with Gasteiger partial charge in [-0.3, -0.25) is 19.7 Å². The van der Waals surface area contributed by atoms with Crippen molar-refractivity contribution in [3.63, 3.8) is 0 Å². The van der Waals surface area contributed by atoms with Gasteiger partial charge in [0.15, 0.2) is 0 Å². The molecule has 0 saturated heterocycles. The molecule has 0 radical (unpaired) electrons. The van der Waals surface area contributed by atoms with E-state index in [0.717, 1.165) is 5.56 Å². The van der Waals surface area contributed by atoms with Crippen LogP contribution in [0.5, 0.6) is 0 Å². The van der Waals surface area contributed by atoms with Gasteiger partial charge in [0.2, 0.25) is 0 Å². The van der Waals surface area contributed by atoms with Gasteiger partial charge in [-0.15, -0.1) is 0 Å². The second-order valence-corrected chi connectivity index (χ2v) is 7.30. The summed E-state index contributed by atoms with van der Waals surface area (Å²) in [5.74, 6) is -1.55. The molecule has 7 nitrogen and oxygen atoms in total. The van der Waals surface area contributed by atoms with Gasteiger partial charge < -0.3 is 10.4 Å². The van der Waals surface area contributed by atoms with Gasteiger partial charge in [-0.25, -0.2) is 0 Å². The molecule has 0 aliphatic carbocycles. The molecule has 0 saturated carbocycles. The van der Waals surface area contributed by atoms with Crippen LogP contribution in [0.25, 0.3) is 0 Å². The Morgan fingerprint density at radius 1 is 1.15 bits per heavy atom. The van der Waals surface area contributed by atoms with Crippen LogP contribution in [-0.2, 0) is 10.2 Å². The first-order valence-corrected chi connectivity index (χ1v) is 8.45. The van der Waals surface area contributed by atoms with Crippen molar-refractivity contribution in [2.24, 2.45) is 0 Å². The molecule has 0 fully saturated rings. The summed E-state index contributed by atoms with van der Waals surface area (Å²) in [6.07, 6.45) is -0.382. The Balaban J connectivity index is 2.25. The predicted molar refractivity (Wildman–Crippen MR) is 101 cm³/mol. The Kier molecular flexibility index (Phi) is 5.95. The lowest BCUT2D eigenvalue weighted by Gasteiger charge is -2.20. The molecule has 1 unspecified atom stereocenters. The van der Waals surface area contributed by atoms with Crippen LogP contribution in [0, 0.1) is 10.1 Å². The van der Waals surface area contributed by atoms with Crippen molar-refractivity contribution >= 4 is 17.6 Å². The normalized spacial score (nSPS) is 12.3. The van der Waals surface area contributed by atoms with Gasteiger partial charge in [0.1, 0.15) is 0 Å². The van der Waals surface area contributed by atoms with Crippen LogP contribution in [-0.4, -0.2) is 21.9 Å². The minimum absolute atomic E-state index is 0.0518. The molecular weight excluding hydrogens is 348 g/mol. The molecule has 7 heteroatoms. The lowest BCUT2D eigenvalue weighted by Crippen LogP contribution is -2.30. The highest BCUT2D eigenvalue weighted by atomic mass is 16.6. The van der Waals surface area contributed by atoms with Crippen LogP contribution in [0.2, 0.25) is 0 Å². The zero-order chi connectivity index (χ0) is 20.2. The average molecular weight is 370 g/mol. The summed E-state index contributed by atoms with van der Waals surface area (Å²) in [6.45, 7) is 6.19. The number of benzene rings is 2. The fourth-order valence-electron chi connectivity index (χ4n) is 2.65. The van der Waals surface area contributed by atoms with Crippen LogP contribution in [0.3, 0.4) is 0 Å². The number of nitrogens with zero attached hydrogens (tertiary/aromatic N) is 1. The number of rotatable bonds is 6. The number of non-ortho nitro benzene ring substituents is 1. The van der Waals surface area contributed by atoms with Crippen molar-refractivity contribution in [2.45, 2.75) is 38.6 Å². The molecule has 0 aromatic heterocycles. The van der Waals surface area contributed by atoms with E-state index in [4.69, 9.17) is 5.11 Å². The summed E-state index contributed by atoms with van der Waals surface area (Å²) in [5.41, 5.74) is 1.62. The highest BCUT2D eigenvalue weighted by Gasteiger charge is 2.21. The number of amides is 1. The zero-order valence-corrected chi connectivity index (χ0v) is 15.4. The van der Waals surface area contributed by atoms with E-state index in [1.165, 1.54) is 18.2 Å². The number of carboxylic acid groups (broad SMARTS) is 1. The molecule has 2 rings (SSSR count). The van der Waals surface area contributed by atoms with Gasteiger partial charge in [-0.1, -0.05) is 45.0 Å². The SMILES string of the molecule is CC(C)(C)c1ccc(C(=O)NC(CC(=O)O)c2cccc([N+](=O)[O-])c2)cc1. The Morgan fingerprint density at radius 2 is 1.78 bits per heavy atom. The molecule has 0 spiro atoms. The van der Waals surface area contributed by atoms with Crippen LogP contribution >= 0.6 is 0 Å². The molecule has 0 aliphatic heterocycles. The summed E-state index contributed by atoms with van der Waals surface area (Å²) >= 11 is 0. The standard InChI is InChI=1S/C20H22N2O5/c1-20(2,3)15-9-7-13(8-10-15)19(25)21-17(12-18(23)24)14-5-4-6-16(11-14)22(26)27/h4-11,17H,12H2,1-3H3,(H,21,25)(H,23,24). The van der Waals surface area contributed by atoms with Crippen LogP contribution in [0.4, 0.5) is 5.69 Å². The van der Waals surface area contributed by atoms with Gasteiger partial charge in [0.05, 0.1) is 17.4 Å². The lowest BCUT2D eigenvalue weighted by atomic mass is 9.86. The largest absolute Gasteiger partial charge is 0.481 e. The average Bonchev–Trinajstić information content (AvgIpc) is 2.60. The second-order valence-electron chi connectivity index (χ2n) is 7.30. The summed E-state index contributed by atoms with van der Waals surface area (Å²) in [7, 11) is 0. The fourth-order valence-corrected chi connectivity index (χ4v) is 2.65.